The summed E-state index contributed by atoms with van der Waals surface area (Å²) in [6.07, 6.45) is 1.03. The monoisotopic (exact) mass is 278 g/mol. The highest BCUT2D eigenvalue weighted by molar-refractivity contribution is 9.10. The van der Waals surface area contributed by atoms with Gasteiger partial charge in [0.05, 0.1) is 4.88 Å². The Balaban J connectivity index is 2.21. The van der Waals surface area contributed by atoms with Crippen LogP contribution in [0.1, 0.15) is 23.0 Å². The van der Waals surface area contributed by atoms with E-state index in [9.17, 15) is 4.79 Å². The number of thiophene rings is 1. The van der Waals surface area contributed by atoms with Gasteiger partial charge in [-0.05, 0) is 34.3 Å². The molecule has 2 rings (SSSR count). The minimum Gasteiger partial charge on any atom is -0.293 e. The van der Waals surface area contributed by atoms with Gasteiger partial charge in [0.15, 0.2) is 5.78 Å². The zero-order chi connectivity index (χ0) is 9.59. The second kappa shape index (κ2) is 3.37. The lowest BCUT2D eigenvalue weighted by atomic mass is 10.2. The normalized spacial score (nSPS) is 26.1. The zero-order valence-electron chi connectivity index (χ0n) is 7.01. The van der Waals surface area contributed by atoms with Crippen molar-refractivity contribution in [2.24, 2.45) is 11.8 Å². The van der Waals surface area contributed by atoms with Gasteiger partial charge in [0, 0.05) is 10.4 Å². The van der Waals surface area contributed by atoms with Crippen LogP contribution in [-0.2, 0) is 0 Å². The molecule has 0 spiro atoms. The summed E-state index contributed by atoms with van der Waals surface area (Å²) in [5.74, 6) is 1.07. The predicted octanol–water partition coefficient (Wildman–Crippen LogP) is 4.00. The third kappa shape index (κ3) is 1.83. The molecule has 0 bridgehead atoms. The van der Waals surface area contributed by atoms with Crippen LogP contribution in [-0.4, -0.2) is 5.78 Å². The first-order valence-electron chi connectivity index (χ1n) is 4.08. The largest absolute Gasteiger partial charge is 0.293 e. The van der Waals surface area contributed by atoms with Crippen LogP contribution in [0.15, 0.2) is 10.5 Å². The van der Waals surface area contributed by atoms with Crippen molar-refractivity contribution in [3.05, 3.63) is 19.8 Å². The standard InChI is InChI=1S/C9H8BrClOS/c1-4-2-5(4)8(12)7-3-6(10)9(11)13-7/h3-5H,2H2,1H3. The van der Waals surface area contributed by atoms with Crippen molar-refractivity contribution in [3.8, 4) is 0 Å². The molecule has 2 unspecified atom stereocenters. The van der Waals surface area contributed by atoms with Gasteiger partial charge in [-0.25, -0.2) is 0 Å². The minimum absolute atomic E-state index is 0.251. The van der Waals surface area contributed by atoms with Gasteiger partial charge in [-0.1, -0.05) is 18.5 Å². The Bertz CT molecular complexity index is 341. The fourth-order valence-electron chi connectivity index (χ4n) is 1.34. The van der Waals surface area contributed by atoms with E-state index in [4.69, 9.17) is 11.6 Å². The smallest absolute Gasteiger partial charge is 0.176 e. The van der Waals surface area contributed by atoms with Crippen molar-refractivity contribution < 1.29 is 4.79 Å². The number of hydrogen-bond acceptors (Lipinski definition) is 2. The molecule has 1 aromatic heterocycles. The quantitative estimate of drug-likeness (QED) is 0.748. The van der Waals surface area contributed by atoms with Gasteiger partial charge in [-0.3, -0.25) is 4.79 Å². The van der Waals surface area contributed by atoms with E-state index in [2.05, 4.69) is 22.9 Å². The minimum atomic E-state index is 0.251. The van der Waals surface area contributed by atoms with Crippen LogP contribution < -0.4 is 0 Å². The molecular formula is C9H8BrClOS. The van der Waals surface area contributed by atoms with Gasteiger partial charge in [0.25, 0.3) is 0 Å². The SMILES string of the molecule is CC1CC1C(=O)c1cc(Br)c(Cl)s1. The lowest BCUT2D eigenvalue weighted by Gasteiger charge is -1.91. The van der Waals surface area contributed by atoms with E-state index in [1.165, 1.54) is 11.3 Å². The van der Waals surface area contributed by atoms with Crippen LogP contribution in [0.3, 0.4) is 0 Å². The van der Waals surface area contributed by atoms with E-state index < -0.39 is 0 Å². The van der Waals surface area contributed by atoms with E-state index >= 15 is 0 Å². The van der Waals surface area contributed by atoms with E-state index in [-0.39, 0.29) is 11.7 Å². The Kier molecular flexibility index (Phi) is 2.51. The summed E-state index contributed by atoms with van der Waals surface area (Å²) in [7, 11) is 0. The van der Waals surface area contributed by atoms with Gasteiger partial charge in [0.2, 0.25) is 0 Å². The molecule has 13 heavy (non-hydrogen) atoms. The highest BCUT2D eigenvalue weighted by atomic mass is 79.9. The molecule has 70 valence electrons. The van der Waals surface area contributed by atoms with Gasteiger partial charge >= 0.3 is 0 Å². The molecule has 2 atom stereocenters. The molecule has 0 N–H and O–H groups in total. The Morgan fingerprint density at radius 3 is 2.77 bits per heavy atom. The maximum atomic E-state index is 11.7. The lowest BCUT2D eigenvalue weighted by Crippen LogP contribution is -1.99. The van der Waals surface area contributed by atoms with Crippen molar-refractivity contribution in [2.75, 3.05) is 0 Å². The summed E-state index contributed by atoms with van der Waals surface area (Å²) in [6, 6.07) is 1.82. The van der Waals surface area contributed by atoms with Crippen molar-refractivity contribution in [2.45, 2.75) is 13.3 Å². The maximum Gasteiger partial charge on any atom is 0.176 e. The Morgan fingerprint density at radius 1 is 1.77 bits per heavy atom. The summed E-state index contributed by atoms with van der Waals surface area (Å²) in [5, 5.41) is 0. The molecule has 0 radical (unpaired) electrons. The highest BCUT2D eigenvalue weighted by Crippen LogP contribution is 2.43. The molecule has 1 aliphatic carbocycles. The lowest BCUT2D eigenvalue weighted by molar-refractivity contribution is 0.0966. The molecule has 4 heteroatoms. The first-order chi connectivity index (χ1) is 6.09. The zero-order valence-corrected chi connectivity index (χ0v) is 10.2. The van der Waals surface area contributed by atoms with E-state index in [0.717, 1.165) is 15.8 Å². The van der Waals surface area contributed by atoms with E-state index in [1.807, 2.05) is 6.07 Å². The molecule has 1 heterocycles. The molecule has 1 nitrogen and oxygen atoms in total. The molecule has 1 aromatic rings. The molecule has 1 aliphatic rings. The average molecular weight is 280 g/mol. The summed E-state index contributed by atoms with van der Waals surface area (Å²) in [5.41, 5.74) is 0. The summed E-state index contributed by atoms with van der Waals surface area (Å²) in [4.78, 5) is 12.5. The first kappa shape index (κ1) is 9.69. The summed E-state index contributed by atoms with van der Waals surface area (Å²) >= 11 is 10.5. The molecule has 0 saturated heterocycles. The van der Waals surface area contributed by atoms with Crippen LogP contribution in [0.25, 0.3) is 0 Å². The van der Waals surface area contributed by atoms with Crippen LogP contribution >= 0.6 is 38.9 Å². The van der Waals surface area contributed by atoms with Gasteiger partial charge in [-0.15, -0.1) is 11.3 Å². The molecule has 1 saturated carbocycles. The first-order valence-corrected chi connectivity index (χ1v) is 6.07. The summed E-state index contributed by atoms with van der Waals surface area (Å²) in [6.45, 7) is 2.10. The van der Waals surface area contributed by atoms with Crippen LogP contribution in [0, 0.1) is 11.8 Å². The predicted molar refractivity (Wildman–Crippen MR) is 58.6 cm³/mol. The number of halogens is 2. The Labute approximate surface area is 94.2 Å². The van der Waals surface area contributed by atoms with Gasteiger partial charge in [0.1, 0.15) is 4.34 Å². The number of Topliss-reactive ketones (excluding diaryl/α,β-unsaturated/α-hetero) is 1. The highest BCUT2D eigenvalue weighted by Gasteiger charge is 2.40. The average Bonchev–Trinajstić information content (AvgIpc) is 2.70. The molecule has 0 aromatic carbocycles. The van der Waals surface area contributed by atoms with Crippen molar-refractivity contribution in [1.29, 1.82) is 0 Å². The number of ketones is 1. The van der Waals surface area contributed by atoms with Crippen molar-refractivity contribution >= 4 is 44.7 Å². The third-order valence-corrected chi connectivity index (χ3v) is 4.82. The Morgan fingerprint density at radius 2 is 2.38 bits per heavy atom. The molecule has 0 aliphatic heterocycles. The van der Waals surface area contributed by atoms with Crippen molar-refractivity contribution in [3.63, 3.8) is 0 Å². The third-order valence-electron chi connectivity index (χ3n) is 2.33. The molecule has 1 fully saturated rings. The summed E-state index contributed by atoms with van der Waals surface area (Å²) < 4.78 is 1.49. The van der Waals surface area contributed by atoms with Gasteiger partial charge < -0.3 is 0 Å². The number of carbonyl (C=O) groups excluding carboxylic acids is 1. The second-order valence-electron chi connectivity index (χ2n) is 3.42. The van der Waals surface area contributed by atoms with Crippen LogP contribution in [0.2, 0.25) is 4.34 Å². The number of carbonyl (C=O) groups is 1. The van der Waals surface area contributed by atoms with Crippen molar-refractivity contribution in [1.82, 2.24) is 0 Å². The van der Waals surface area contributed by atoms with E-state index in [0.29, 0.717) is 10.3 Å². The van der Waals surface area contributed by atoms with Crippen LogP contribution in [0.5, 0.6) is 0 Å². The van der Waals surface area contributed by atoms with E-state index in [1.54, 1.807) is 0 Å². The second-order valence-corrected chi connectivity index (χ2v) is 5.92. The van der Waals surface area contributed by atoms with Crippen LogP contribution in [0.4, 0.5) is 0 Å². The maximum absolute atomic E-state index is 11.7. The van der Waals surface area contributed by atoms with Gasteiger partial charge in [-0.2, -0.15) is 0 Å². The molecular weight excluding hydrogens is 272 g/mol. The number of hydrogen-bond donors (Lipinski definition) is 0. The number of rotatable bonds is 2. The fraction of sp³-hybridized carbons (Fsp3) is 0.444. The Hall–Kier alpha value is 0.140. The molecule has 0 amide bonds. The topological polar surface area (TPSA) is 17.1 Å². The fourth-order valence-corrected chi connectivity index (χ4v) is 3.04.